The maximum absolute atomic E-state index is 11.0. The first-order valence-corrected chi connectivity index (χ1v) is 11.9. The van der Waals surface area contributed by atoms with Crippen molar-refractivity contribution in [3.8, 4) is 18.2 Å². The third-order valence-corrected chi connectivity index (χ3v) is 5.94. The second-order valence-corrected chi connectivity index (χ2v) is 9.50. The van der Waals surface area contributed by atoms with Crippen LogP contribution >= 0.6 is 0 Å². The van der Waals surface area contributed by atoms with Crippen molar-refractivity contribution >= 4 is 21.4 Å². The van der Waals surface area contributed by atoms with E-state index < -0.39 is 15.7 Å². The lowest BCUT2D eigenvalue weighted by molar-refractivity contribution is 0.109. The van der Waals surface area contributed by atoms with Gasteiger partial charge in [0.05, 0.1) is 5.75 Å². The summed E-state index contributed by atoms with van der Waals surface area (Å²) in [4.78, 5) is 2.06. The second kappa shape index (κ2) is 10.3. The van der Waals surface area contributed by atoms with Crippen LogP contribution in [0, 0.1) is 34.0 Å². The van der Waals surface area contributed by atoms with Gasteiger partial charge in [0.2, 0.25) is 0 Å². The molecule has 1 aromatic carbocycles. The van der Waals surface area contributed by atoms with E-state index in [9.17, 15) is 24.2 Å². The maximum Gasteiger partial charge on any atom is 0.264 e. The van der Waals surface area contributed by atoms with Gasteiger partial charge in [-0.05, 0) is 44.4 Å². The van der Waals surface area contributed by atoms with Crippen LogP contribution in [0.5, 0.6) is 0 Å². The highest BCUT2D eigenvalue weighted by Crippen LogP contribution is 2.45. The van der Waals surface area contributed by atoms with Crippen LogP contribution < -0.4 is 4.90 Å². The van der Waals surface area contributed by atoms with Crippen molar-refractivity contribution in [2.45, 2.75) is 45.6 Å². The Bertz CT molecular complexity index is 1130. The van der Waals surface area contributed by atoms with Crippen LogP contribution in [0.1, 0.15) is 45.6 Å². The molecular weight excluding hydrogens is 428 g/mol. The molecule has 0 aromatic heterocycles. The van der Waals surface area contributed by atoms with Crippen molar-refractivity contribution in [2.24, 2.45) is 0 Å². The SMILES string of the molecule is CCCCN(CCCS(=O)(=O)O)c1ccc(C2=C(C#N)C(=C(C#N)C#N)OC2(C)C)cc1. The predicted octanol–water partition coefficient (Wildman–Crippen LogP) is 3.96. The fourth-order valence-electron chi connectivity index (χ4n) is 3.67. The molecule has 1 N–H and O–H groups in total. The summed E-state index contributed by atoms with van der Waals surface area (Å²) in [5.74, 6) is -0.302. The van der Waals surface area contributed by atoms with Crippen molar-refractivity contribution in [1.82, 2.24) is 0 Å². The van der Waals surface area contributed by atoms with Crippen molar-refractivity contribution < 1.29 is 17.7 Å². The lowest BCUT2D eigenvalue weighted by Gasteiger charge is -2.26. The predicted molar refractivity (Wildman–Crippen MR) is 121 cm³/mol. The Morgan fingerprint density at radius 3 is 2.19 bits per heavy atom. The van der Waals surface area contributed by atoms with Gasteiger partial charge in [0.25, 0.3) is 10.1 Å². The number of nitriles is 3. The molecule has 2 rings (SSSR count). The number of allylic oxidation sites excluding steroid dienone is 2. The van der Waals surface area contributed by atoms with Crippen molar-refractivity contribution in [2.75, 3.05) is 23.7 Å². The second-order valence-electron chi connectivity index (χ2n) is 7.93. The van der Waals surface area contributed by atoms with Crippen LogP contribution in [0.2, 0.25) is 0 Å². The summed E-state index contributed by atoms with van der Waals surface area (Å²) in [6.45, 7) is 6.83. The number of ether oxygens (including phenoxy) is 1. The zero-order chi connectivity index (χ0) is 23.9. The molecule has 168 valence electrons. The van der Waals surface area contributed by atoms with Crippen LogP contribution in [-0.2, 0) is 14.9 Å². The van der Waals surface area contributed by atoms with Gasteiger partial charge in [0, 0.05) is 24.4 Å². The van der Waals surface area contributed by atoms with E-state index in [0.717, 1.165) is 30.6 Å². The Morgan fingerprint density at radius 1 is 1.09 bits per heavy atom. The lowest BCUT2D eigenvalue weighted by atomic mass is 9.89. The van der Waals surface area contributed by atoms with E-state index in [0.29, 0.717) is 18.5 Å². The summed E-state index contributed by atoms with van der Waals surface area (Å²) in [6, 6.07) is 13.1. The van der Waals surface area contributed by atoms with Crippen LogP contribution in [0.3, 0.4) is 0 Å². The molecule has 0 spiro atoms. The number of anilines is 1. The molecule has 0 aliphatic carbocycles. The number of nitrogens with zero attached hydrogens (tertiary/aromatic N) is 4. The smallest absolute Gasteiger partial charge is 0.264 e. The Balaban J connectivity index is 2.41. The molecule has 0 unspecified atom stereocenters. The molecule has 0 bridgehead atoms. The Morgan fingerprint density at radius 2 is 1.69 bits per heavy atom. The summed E-state index contributed by atoms with van der Waals surface area (Å²) in [6.07, 6.45) is 2.21. The van der Waals surface area contributed by atoms with E-state index in [1.54, 1.807) is 26.0 Å². The molecule has 1 aromatic rings. The van der Waals surface area contributed by atoms with Gasteiger partial charge in [-0.2, -0.15) is 24.2 Å². The highest BCUT2D eigenvalue weighted by molar-refractivity contribution is 7.85. The molecule has 0 atom stereocenters. The fourth-order valence-corrected chi connectivity index (χ4v) is 4.16. The van der Waals surface area contributed by atoms with Crippen LogP contribution in [-0.4, -0.2) is 37.4 Å². The van der Waals surface area contributed by atoms with E-state index >= 15 is 0 Å². The van der Waals surface area contributed by atoms with Gasteiger partial charge in [0.15, 0.2) is 11.3 Å². The number of rotatable bonds is 9. The zero-order valence-corrected chi connectivity index (χ0v) is 19.2. The molecule has 9 heteroatoms. The Hall–Kier alpha value is -3.32. The van der Waals surface area contributed by atoms with Gasteiger partial charge in [-0.15, -0.1) is 0 Å². The standard InChI is InChI=1S/C23H26N4O4S/c1-4-5-11-27(12-6-13-32(28,29)30)19-9-7-17(8-10-19)21-20(16-26)22(18(14-24)15-25)31-23(21,2)3/h7-10H,4-6,11-13H2,1-3H3,(H,28,29,30). The van der Waals surface area contributed by atoms with Gasteiger partial charge in [0.1, 0.15) is 29.4 Å². The van der Waals surface area contributed by atoms with Crippen molar-refractivity contribution in [3.05, 3.63) is 46.7 Å². The molecule has 0 amide bonds. The molecule has 1 aliphatic rings. The van der Waals surface area contributed by atoms with Crippen LogP contribution in [0.4, 0.5) is 5.69 Å². The van der Waals surface area contributed by atoms with Crippen molar-refractivity contribution in [3.63, 3.8) is 0 Å². The molecular formula is C23H26N4O4S. The average molecular weight is 455 g/mol. The van der Waals surface area contributed by atoms with Gasteiger partial charge in [-0.3, -0.25) is 4.55 Å². The van der Waals surface area contributed by atoms with E-state index in [-0.39, 0.29) is 22.7 Å². The molecule has 1 heterocycles. The third-order valence-electron chi connectivity index (χ3n) is 5.13. The van der Waals surface area contributed by atoms with E-state index in [1.807, 2.05) is 24.3 Å². The van der Waals surface area contributed by atoms with E-state index in [4.69, 9.17) is 9.29 Å². The van der Waals surface area contributed by atoms with Gasteiger partial charge < -0.3 is 9.64 Å². The highest BCUT2D eigenvalue weighted by Gasteiger charge is 2.40. The molecule has 0 saturated heterocycles. The molecule has 0 saturated carbocycles. The van der Waals surface area contributed by atoms with Gasteiger partial charge in [-0.1, -0.05) is 25.5 Å². The summed E-state index contributed by atoms with van der Waals surface area (Å²) >= 11 is 0. The first-order chi connectivity index (χ1) is 15.1. The van der Waals surface area contributed by atoms with E-state index in [2.05, 4.69) is 17.9 Å². The minimum Gasteiger partial charge on any atom is -0.480 e. The maximum atomic E-state index is 11.0. The van der Waals surface area contributed by atoms with Crippen LogP contribution in [0.25, 0.3) is 5.57 Å². The third kappa shape index (κ3) is 5.88. The molecule has 8 nitrogen and oxygen atoms in total. The van der Waals surface area contributed by atoms with Gasteiger partial charge >= 0.3 is 0 Å². The Labute approximate surface area is 189 Å². The normalized spacial score (nSPS) is 14.8. The zero-order valence-electron chi connectivity index (χ0n) is 18.4. The first-order valence-electron chi connectivity index (χ1n) is 10.3. The molecule has 1 aliphatic heterocycles. The molecule has 32 heavy (non-hydrogen) atoms. The molecule has 0 radical (unpaired) electrons. The number of hydrogen-bond donors (Lipinski definition) is 1. The highest BCUT2D eigenvalue weighted by atomic mass is 32.2. The minimum atomic E-state index is -4.01. The van der Waals surface area contributed by atoms with Crippen LogP contribution in [0.15, 0.2) is 41.2 Å². The summed E-state index contributed by atoms with van der Waals surface area (Å²) in [7, 11) is -4.01. The van der Waals surface area contributed by atoms with E-state index in [1.165, 1.54) is 0 Å². The average Bonchev–Trinajstić information content (AvgIpc) is 3.01. The monoisotopic (exact) mass is 454 g/mol. The largest absolute Gasteiger partial charge is 0.480 e. The topological polar surface area (TPSA) is 138 Å². The minimum absolute atomic E-state index is 0.00337. The number of hydrogen-bond acceptors (Lipinski definition) is 7. The quantitative estimate of drug-likeness (QED) is 0.437. The molecule has 0 fully saturated rings. The summed E-state index contributed by atoms with van der Waals surface area (Å²) in [5, 5.41) is 28.2. The first kappa shape index (κ1) is 24.9. The number of unbranched alkanes of at least 4 members (excludes halogenated alkanes) is 1. The lowest BCUT2D eigenvalue weighted by Crippen LogP contribution is -2.27. The van der Waals surface area contributed by atoms with Gasteiger partial charge in [-0.25, -0.2) is 0 Å². The summed E-state index contributed by atoms with van der Waals surface area (Å²) in [5.41, 5.74) is 1.23. The van der Waals surface area contributed by atoms with Crippen molar-refractivity contribution in [1.29, 1.82) is 15.8 Å². The Kier molecular flexibility index (Phi) is 8.05. The fraction of sp³-hybridized carbons (Fsp3) is 0.435. The summed E-state index contributed by atoms with van der Waals surface area (Å²) < 4.78 is 36.9. The number of benzene rings is 1.